The fourth-order valence-corrected chi connectivity index (χ4v) is 7.40. The van der Waals surface area contributed by atoms with Crippen molar-refractivity contribution in [1.82, 2.24) is 24.5 Å². The van der Waals surface area contributed by atoms with Gasteiger partial charge >= 0.3 is 0 Å². The Kier molecular flexibility index (Phi) is 21.4. The minimum Gasteiger partial charge on any atom is -0.472 e. The predicted molar refractivity (Wildman–Crippen MR) is 258 cm³/mol. The molecule has 8 nitrogen and oxygen atoms in total. The Morgan fingerprint density at radius 2 is 1.22 bits per heavy atom. The molecular weight excluding hydrogens is 769 g/mol. The molecule has 1 aliphatic heterocycles. The minimum atomic E-state index is 0. The number of hydrogen-bond acceptors (Lipinski definition) is 9. The summed E-state index contributed by atoms with van der Waals surface area (Å²) in [5, 5.41) is 0. The zero-order chi connectivity index (χ0) is 44.9. The molecule has 0 fully saturated rings. The van der Waals surface area contributed by atoms with Gasteiger partial charge in [-0.05, 0) is 76.5 Å². The molecule has 0 aromatic carbocycles. The van der Waals surface area contributed by atoms with Crippen LogP contribution in [0.5, 0.6) is 0 Å². The second-order valence-electron chi connectivity index (χ2n) is 20.8. The standard InChI is InChI=1S/C9H15N.C8H14N2.2C8H13NS.C8H12O.C7H11NO.CH4/c1-7-5-6-10-8(7)9(2,3)4;1-7-9-5-6-10(7)8(2,3)4;1-6-7(8(2,3)4)9-5-10-6;1-6-7(8(2,3)4)10-5-9-6;1-8(2,3)7-4-5-9-6-7;1-7(2,3)6-4-9-5-8-6;/h6H,5H2,1-4H3;5-6H,1-4H3;2*5H,1-4H3;4-6H,1-3H3;4-5H,1-3H3;1H4. The lowest BCUT2D eigenvalue weighted by Gasteiger charge is -2.21. The van der Waals surface area contributed by atoms with E-state index in [4.69, 9.17) is 8.83 Å². The molecule has 0 amide bonds. The molecule has 0 aliphatic carbocycles. The molecule has 0 N–H and O–H groups in total. The maximum absolute atomic E-state index is 4.94. The number of rotatable bonds is 0. The quantitative estimate of drug-likeness (QED) is 0.154. The Balaban J connectivity index is 0.000000682. The first kappa shape index (κ1) is 55.4. The van der Waals surface area contributed by atoms with E-state index in [1.807, 2.05) is 42.6 Å². The number of furan rings is 1. The summed E-state index contributed by atoms with van der Waals surface area (Å²) in [4.78, 5) is 23.8. The van der Waals surface area contributed by atoms with Gasteiger partial charge in [0.05, 0.1) is 40.6 Å². The minimum absolute atomic E-state index is 0. The molecule has 6 heterocycles. The zero-order valence-corrected chi connectivity index (χ0v) is 41.9. The van der Waals surface area contributed by atoms with E-state index in [1.165, 1.54) is 44.4 Å². The van der Waals surface area contributed by atoms with Gasteiger partial charge in [-0.2, -0.15) is 0 Å². The van der Waals surface area contributed by atoms with Crippen molar-refractivity contribution in [3.05, 3.63) is 104 Å². The molecule has 0 bridgehead atoms. The van der Waals surface area contributed by atoms with Gasteiger partial charge < -0.3 is 13.4 Å². The molecule has 0 saturated heterocycles. The molecular formula is C49H82N6O2S2. The van der Waals surface area contributed by atoms with Crippen LogP contribution >= 0.6 is 22.7 Å². The number of aliphatic imine (C=N–C) groups is 1. The van der Waals surface area contributed by atoms with E-state index < -0.39 is 0 Å². The van der Waals surface area contributed by atoms with Crippen molar-refractivity contribution in [3.63, 3.8) is 0 Å². The third kappa shape index (κ3) is 20.0. The lowest BCUT2D eigenvalue weighted by molar-refractivity contribution is 0.388. The molecule has 0 spiro atoms. The first-order valence-electron chi connectivity index (χ1n) is 20.2. The van der Waals surface area contributed by atoms with Crippen LogP contribution in [0.1, 0.15) is 184 Å². The average molecular weight is 851 g/mol. The number of nitrogens with zero attached hydrogens (tertiary/aromatic N) is 6. The highest BCUT2D eigenvalue weighted by Crippen LogP contribution is 2.32. The van der Waals surface area contributed by atoms with Gasteiger partial charge in [0.1, 0.15) is 12.1 Å². The molecule has 0 saturated carbocycles. The molecule has 0 radical (unpaired) electrons. The number of oxazole rings is 1. The van der Waals surface area contributed by atoms with Gasteiger partial charge in [0.2, 0.25) is 0 Å². The second kappa shape index (κ2) is 22.8. The van der Waals surface area contributed by atoms with Gasteiger partial charge in [0.15, 0.2) is 6.39 Å². The summed E-state index contributed by atoms with van der Waals surface area (Å²) in [5.74, 6) is 1.08. The summed E-state index contributed by atoms with van der Waals surface area (Å²) in [6.07, 6.45) is 13.5. The summed E-state index contributed by atoms with van der Waals surface area (Å²) in [6.45, 7) is 47.5. The smallest absolute Gasteiger partial charge is 0.180 e. The lowest BCUT2D eigenvalue weighted by Crippen LogP contribution is -2.21. The van der Waals surface area contributed by atoms with Crippen LogP contribution in [0.25, 0.3) is 0 Å². The van der Waals surface area contributed by atoms with E-state index in [0.717, 1.165) is 17.9 Å². The Morgan fingerprint density at radius 3 is 1.42 bits per heavy atom. The van der Waals surface area contributed by atoms with Gasteiger partial charge in [-0.15, -0.1) is 22.7 Å². The van der Waals surface area contributed by atoms with Gasteiger partial charge in [-0.1, -0.05) is 111 Å². The fraction of sp³-hybridized carbons (Fsp3) is 0.612. The fourth-order valence-electron chi connectivity index (χ4n) is 5.72. The number of hydrogen-bond donors (Lipinski definition) is 0. The van der Waals surface area contributed by atoms with Crippen molar-refractivity contribution in [1.29, 1.82) is 0 Å². The van der Waals surface area contributed by atoms with Gasteiger partial charge in [-0.25, -0.2) is 19.9 Å². The Hall–Kier alpha value is -3.63. The largest absolute Gasteiger partial charge is 0.472 e. The topological polar surface area (TPSA) is 95.1 Å². The molecule has 0 atom stereocenters. The number of imidazole rings is 1. The summed E-state index contributed by atoms with van der Waals surface area (Å²) >= 11 is 3.47. The molecule has 332 valence electrons. The van der Waals surface area contributed by atoms with Crippen LogP contribution < -0.4 is 0 Å². The Labute approximate surface area is 368 Å². The van der Waals surface area contributed by atoms with Crippen molar-refractivity contribution in [3.8, 4) is 0 Å². The van der Waals surface area contributed by atoms with E-state index in [1.54, 1.807) is 41.5 Å². The molecule has 10 heteroatoms. The average Bonchev–Trinajstić information content (AvgIpc) is 3.88. The third-order valence-electron chi connectivity index (χ3n) is 8.75. The van der Waals surface area contributed by atoms with Crippen LogP contribution in [-0.2, 0) is 27.2 Å². The maximum Gasteiger partial charge on any atom is 0.180 e. The van der Waals surface area contributed by atoms with Crippen molar-refractivity contribution >= 4 is 28.9 Å². The monoisotopic (exact) mass is 851 g/mol. The van der Waals surface area contributed by atoms with E-state index >= 15 is 0 Å². The van der Waals surface area contributed by atoms with Gasteiger partial charge in [0, 0.05) is 62.3 Å². The van der Waals surface area contributed by atoms with Crippen molar-refractivity contribution in [2.45, 2.75) is 193 Å². The van der Waals surface area contributed by atoms with E-state index in [0.29, 0.717) is 0 Å². The van der Waals surface area contributed by atoms with E-state index in [2.05, 4.69) is 175 Å². The van der Waals surface area contributed by atoms with Gasteiger partial charge in [-0.3, -0.25) is 4.99 Å². The number of allylic oxidation sites excluding steroid dienone is 2. The molecule has 59 heavy (non-hydrogen) atoms. The van der Waals surface area contributed by atoms with Crippen molar-refractivity contribution in [2.24, 2.45) is 10.4 Å². The van der Waals surface area contributed by atoms with Crippen LogP contribution in [0.2, 0.25) is 0 Å². The normalized spacial score (nSPS) is 12.9. The SMILES string of the molecule is C.CC(C)(C)c1ccoc1.CC(C)(C)c1cocn1.CC1=C(C(C)(C)C)N=CC1.Cc1nccn1C(C)(C)C.Cc1ncsc1C(C)(C)C.Cc1scnc1C(C)(C)C. The zero-order valence-electron chi connectivity index (χ0n) is 40.3. The highest BCUT2D eigenvalue weighted by atomic mass is 32.1. The molecule has 6 rings (SSSR count). The third-order valence-corrected chi connectivity index (χ3v) is 10.9. The van der Waals surface area contributed by atoms with Gasteiger partial charge in [0.25, 0.3) is 0 Å². The van der Waals surface area contributed by atoms with E-state index in [9.17, 15) is 0 Å². The molecule has 5 aromatic heterocycles. The number of aromatic nitrogens is 5. The van der Waals surface area contributed by atoms with Crippen LogP contribution in [-0.4, -0.2) is 30.7 Å². The summed E-state index contributed by atoms with van der Waals surface area (Å²) < 4.78 is 11.9. The Bertz CT molecular complexity index is 1770. The van der Waals surface area contributed by atoms with Crippen molar-refractivity contribution < 1.29 is 8.83 Å². The summed E-state index contributed by atoms with van der Waals surface area (Å²) in [7, 11) is 0. The first-order valence-corrected chi connectivity index (χ1v) is 22.0. The van der Waals surface area contributed by atoms with E-state index in [-0.39, 0.29) is 40.0 Å². The summed E-state index contributed by atoms with van der Waals surface area (Å²) in [5.41, 5.74) is 12.4. The highest BCUT2D eigenvalue weighted by Gasteiger charge is 2.21. The van der Waals surface area contributed by atoms with Crippen LogP contribution in [0, 0.1) is 26.2 Å². The molecule has 1 aliphatic rings. The van der Waals surface area contributed by atoms with Crippen LogP contribution in [0.3, 0.4) is 0 Å². The molecule has 5 aromatic rings. The van der Waals surface area contributed by atoms with Crippen LogP contribution in [0.15, 0.2) is 79.8 Å². The lowest BCUT2D eigenvalue weighted by atomic mass is 9.89. The Morgan fingerprint density at radius 1 is 0.627 bits per heavy atom. The second-order valence-corrected chi connectivity index (χ2v) is 22.7. The van der Waals surface area contributed by atoms with Crippen molar-refractivity contribution in [2.75, 3.05) is 0 Å². The number of thiazole rings is 2. The summed E-state index contributed by atoms with van der Waals surface area (Å²) in [6, 6.07) is 2.00. The van der Waals surface area contributed by atoms with Crippen LogP contribution in [0.4, 0.5) is 0 Å². The molecule has 0 unspecified atom stereocenters. The maximum atomic E-state index is 4.94. The highest BCUT2D eigenvalue weighted by molar-refractivity contribution is 7.10. The number of aryl methyl sites for hydroxylation is 3. The first-order chi connectivity index (χ1) is 26.3. The predicted octanol–water partition coefficient (Wildman–Crippen LogP) is 15.4.